The first-order valence-electron chi connectivity index (χ1n) is 6.58. The summed E-state index contributed by atoms with van der Waals surface area (Å²) in [7, 11) is 0. The molecule has 1 aromatic heterocycles. The molecule has 0 aliphatic heterocycles. The van der Waals surface area contributed by atoms with Crippen molar-refractivity contribution in [1.82, 2.24) is 10.3 Å². The first-order chi connectivity index (χ1) is 10.2. The monoisotopic (exact) mass is 284 g/mol. The number of oxazole rings is 1. The van der Waals surface area contributed by atoms with E-state index in [2.05, 4.69) is 10.3 Å². The van der Waals surface area contributed by atoms with E-state index in [1.54, 1.807) is 30.3 Å². The van der Waals surface area contributed by atoms with E-state index in [4.69, 9.17) is 4.42 Å². The molecule has 3 rings (SSSR count). The predicted octanol–water partition coefficient (Wildman–Crippen LogP) is 2.94. The molecule has 1 N–H and O–H groups in total. The molecule has 0 radical (unpaired) electrons. The second-order valence-corrected chi connectivity index (χ2v) is 4.67. The molecule has 106 valence electrons. The minimum Gasteiger partial charge on any atom is -0.443 e. The van der Waals surface area contributed by atoms with Gasteiger partial charge < -0.3 is 9.73 Å². The van der Waals surface area contributed by atoms with Crippen LogP contribution in [-0.2, 0) is 6.42 Å². The summed E-state index contributed by atoms with van der Waals surface area (Å²) in [5, 5.41) is 2.82. The standard InChI is InChI=1S/C16H13FN2O2/c17-13-4-1-11(2-5-13)7-8-18-16(20)12-3-6-14-15(9-12)21-10-19-14/h1-6,9-10H,7-8H2,(H,18,20). The number of aromatic nitrogens is 1. The first-order valence-corrected chi connectivity index (χ1v) is 6.58. The van der Waals surface area contributed by atoms with Gasteiger partial charge in [-0.2, -0.15) is 0 Å². The number of amides is 1. The lowest BCUT2D eigenvalue weighted by molar-refractivity contribution is 0.0954. The highest BCUT2D eigenvalue weighted by atomic mass is 19.1. The molecule has 4 nitrogen and oxygen atoms in total. The van der Waals surface area contributed by atoms with E-state index in [9.17, 15) is 9.18 Å². The van der Waals surface area contributed by atoms with E-state index in [0.29, 0.717) is 24.1 Å². The van der Waals surface area contributed by atoms with Crippen LogP contribution in [0.1, 0.15) is 15.9 Å². The van der Waals surface area contributed by atoms with Gasteiger partial charge in [-0.15, -0.1) is 0 Å². The van der Waals surface area contributed by atoms with Crippen LogP contribution in [0, 0.1) is 5.82 Å². The molecule has 3 aromatic rings. The van der Waals surface area contributed by atoms with Gasteiger partial charge in [0.05, 0.1) is 0 Å². The van der Waals surface area contributed by atoms with E-state index < -0.39 is 0 Å². The van der Waals surface area contributed by atoms with Gasteiger partial charge in [0.25, 0.3) is 5.91 Å². The number of nitrogens with zero attached hydrogens (tertiary/aromatic N) is 1. The number of hydrogen-bond donors (Lipinski definition) is 1. The number of fused-ring (bicyclic) bond motifs is 1. The maximum absolute atomic E-state index is 12.8. The lowest BCUT2D eigenvalue weighted by atomic mass is 10.1. The molecule has 0 atom stereocenters. The maximum atomic E-state index is 12.8. The number of benzene rings is 2. The van der Waals surface area contributed by atoms with Gasteiger partial charge in [-0.25, -0.2) is 9.37 Å². The van der Waals surface area contributed by atoms with Gasteiger partial charge in [0.1, 0.15) is 11.3 Å². The van der Waals surface area contributed by atoms with Crippen molar-refractivity contribution in [1.29, 1.82) is 0 Å². The van der Waals surface area contributed by atoms with Gasteiger partial charge >= 0.3 is 0 Å². The number of carbonyl (C=O) groups excluding carboxylic acids is 1. The summed E-state index contributed by atoms with van der Waals surface area (Å²) in [4.78, 5) is 16.0. The van der Waals surface area contributed by atoms with Crippen LogP contribution in [0.5, 0.6) is 0 Å². The van der Waals surface area contributed by atoms with Crippen LogP contribution in [0.3, 0.4) is 0 Å². The Labute approximate surface area is 120 Å². The molecular weight excluding hydrogens is 271 g/mol. The lowest BCUT2D eigenvalue weighted by Gasteiger charge is -2.05. The topological polar surface area (TPSA) is 55.1 Å². The largest absolute Gasteiger partial charge is 0.443 e. The van der Waals surface area contributed by atoms with Crippen LogP contribution in [-0.4, -0.2) is 17.4 Å². The first kappa shape index (κ1) is 13.3. The van der Waals surface area contributed by atoms with E-state index in [1.165, 1.54) is 18.5 Å². The minimum atomic E-state index is -0.261. The number of hydrogen-bond acceptors (Lipinski definition) is 3. The second-order valence-electron chi connectivity index (χ2n) is 4.67. The van der Waals surface area contributed by atoms with Gasteiger partial charge in [0.2, 0.25) is 0 Å². The predicted molar refractivity (Wildman–Crippen MR) is 76.4 cm³/mol. The van der Waals surface area contributed by atoms with Gasteiger partial charge in [-0.1, -0.05) is 12.1 Å². The van der Waals surface area contributed by atoms with Crippen LogP contribution in [0.25, 0.3) is 11.1 Å². The number of nitrogens with one attached hydrogen (secondary N) is 1. The van der Waals surface area contributed by atoms with Gasteiger partial charge in [-0.3, -0.25) is 4.79 Å². The Kier molecular flexibility index (Phi) is 3.64. The maximum Gasteiger partial charge on any atom is 0.251 e. The van der Waals surface area contributed by atoms with Crippen LogP contribution in [0.4, 0.5) is 4.39 Å². The van der Waals surface area contributed by atoms with E-state index >= 15 is 0 Å². The van der Waals surface area contributed by atoms with Crippen LogP contribution >= 0.6 is 0 Å². The third-order valence-corrected chi connectivity index (χ3v) is 3.21. The molecule has 5 heteroatoms. The number of halogens is 1. The highest BCUT2D eigenvalue weighted by Gasteiger charge is 2.07. The summed E-state index contributed by atoms with van der Waals surface area (Å²) >= 11 is 0. The summed E-state index contributed by atoms with van der Waals surface area (Å²) < 4.78 is 17.9. The van der Waals surface area contributed by atoms with Crippen molar-refractivity contribution in [2.24, 2.45) is 0 Å². The van der Waals surface area contributed by atoms with E-state index in [1.807, 2.05) is 0 Å². The molecule has 0 spiro atoms. The third kappa shape index (κ3) is 3.08. The average Bonchev–Trinajstić information content (AvgIpc) is 2.96. The third-order valence-electron chi connectivity index (χ3n) is 3.21. The Morgan fingerprint density at radius 3 is 2.81 bits per heavy atom. The molecular formula is C16H13FN2O2. The Morgan fingerprint density at radius 2 is 2.00 bits per heavy atom. The molecule has 1 heterocycles. The smallest absolute Gasteiger partial charge is 0.251 e. The average molecular weight is 284 g/mol. The van der Waals surface area contributed by atoms with Gasteiger partial charge in [0, 0.05) is 12.1 Å². The fourth-order valence-electron chi connectivity index (χ4n) is 2.07. The van der Waals surface area contributed by atoms with Crippen LogP contribution in [0.15, 0.2) is 53.3 Å². The number of rotatable bonds is 4. The molecule has 0 fully saturated rings. The van der Waals surface area contributed by atoms with Gasteiger partial charge in [-0.05, 0) is 42.3 Å². The normalized spacial score (nSPS) is 10.7. The zero-order chi connectivity index (χ0) is 14.7. The van der Waals surface area contributed by atoms with Crippen molar-refractivity contribution in [2.45, 2.75) is 6.42 Å². The number of carbonyl (C=O) groups is 1. The summed E-state index contributed by atoms with van der Waals surface area (Å²) in [6.07, 6.45) is 2.00. The zero-order valence-electron chi connectivity index (χ0n) is 11.2. The molecule has 0 unspecified atom stereocenters. The van der Waals surface area contributed by atoms with Crippen molar-refractivity contribution in [3.63, 3.8) is 0 Å². The van der Waals surface area contributed by atoms with Crippen molar-refractivity contribution >= 4 is 17.0 Å². The van der Waals surface area contributed by atoms with Crippen LogP contribution in [0.2, 0.25) is 0 Å². The fourth-order valence-corrected chi connectivity index (χ4v) is 2.07. The van der Waals surface area contributed by atoms with E-state index in [0.717, 1.165) is 11.1 Å². The zero-order valence-corrected chi connectivity index (χ0v) is 11.2. The molecule has 1 amide bonds. The second kappa shape index (κ2) is 5.75. The lowest BCUT2D eigenvalue weighted by Crippen LogP contribution is -2.25. The molecule has 0 bridgehead atoms. The Balaban J connectivity index is 1.59. The molecule has 0 aliphatic rings. The Hall–Kier alpha value is -2.69. The van der Waals surface area contributed by atoms with Crippen molar-refractivity contribution in [2.75, 3.05) is 6.54 Å². The quantitative estimate of drug-likeness (QED) is 0.801. The summed E-state index contributed by atoms with van der Waals surface area (Å²) in [5.74, 6) is -0.432. The SMILES string of the molecule is O=C(NCCc1ccc(F)cc1)c1ccc2ncoc2c1. The highest BCUT2D eigenvalue weighted by molar-refractivity contribution is 5.96. The summed E-state index contributed by atoms with van der Waals surface area (Å²) in [5.41, 5.74) is 2.81. The molecule has 2 aromatic carbocycles. The minimum absolute atomic E-state index is 0.171. The van der Waals surface area contributed by atoms with Crippen molar-refractivity contribution in [3.8, 4) is 0 Å². The van der Waals surface area contributed by atoms with Crippen LogP contribution < -0.4 is 5.32 Å². The molecule has 0 saturated carbocycles. The molecule has 0 aliphatic carbocycles. The van der Waals surface area contributed by atoms with Crippen molar-refractivity contribution < 1.29 is 13.6 Å². The molecule has 0 saturated heterocycles. The Bertz CT molecular complexity index is 765. The van der Waals surface area contributed by atoms with Gasteiger partial charge in [0.15, 0.2) is 12.0 Å². The Morgan fingerprint density at radius 1 is 1.19 bits per heavy atom. The highest BCUT2D eigenvalue weighted by Crippen LogP contribution is 2.14. The van der Waals surface area contributed by atoms with E-state index in [-0.39, 0.29) is 11.7 Å². The molecule has 21 heavy (non-hydrogen) atoms. The fraction of sp³-hybridized carbons (Fsp3) is 0.125. The van der Waals surface area contributed by atoms with Crippen molar-refractivity contribution in [3.05, 3.63) is 65.8 Å². The summed E-state index contributed by atoms with van der Waals surface area (Å²) in [6.45, 7) is 0.485. The summed E-state index contributed by atoms with van der Waals surface area (Å²) in [6, 6.07) is 11.4.